The quantitative estimate of drug-likeness (QED) is 0.806. The first-order chi connectivity index (χ1) is 12.4. The Morgan fingerprint density at radius 2 is 1.65 bits per heavy atom. The maximum Gasteiger partial charge on any atom is 0.254 e. The van der Waals surface area contributed by atoms with Crippen molar-refractivity contribution >= 4 is 15.7 Å². The van der Waals surface area contributed by atoms with Gasteiger partial charge in [-0.2, -0.15) is 0 Å². The number of carbonyl (C=O) groups excluding carboxylic acids is 1. The molecule has 4 nitrogen and oxygen atoms in total. The third-order valence-electron chi connectivity index (χ3n) is 4.71. The molecule has 0 aliphatic carbocycles. The van der Waals surface area contributed by atoms with Crippen LogP contribution in [0.15, 0.2) is 54.6 Å². The fourth-order valence-corrected chi connectivity index (χ4v) is 5.14. The van der Waals surface area contributed by atoms with Crippen molar-refractivity contribution in [2.45, 2.75) is 26.3 Å². The summed E-state index contributed by atoms with van der Waals surface area (Å²) in [5.41, 5.74) is 2.77. The maximum absolute atomic E-state index is 13.1. The minimum absolute atomic E-state index is 0.0769. The van der Waals surface area contributed by atoms with E-state index in [0.717, 1.165) is 11.1 Å². The van der Waals surface area contributed by atoms with Crippen LogP contribution >= 0.6 is 0 Å². The molecule has 1 heterocycles. The van der Waals surface area contributed by atoms with Crippen molar-refractivity contribution in [2.24, 2.45) is 5.92 Å². The van der Waals surface area contributed by atoms with Gasteiger partial charge in [-0.15, -0.1) is 0 Å². The van der Waals surface area contributed by atoms with E-state index in [1.807, 2.05) is 68.4 Å². The molecule has 1 fully saturated rings. The summed E-state index contributed by atoms with van der Waals surface area (Å²) in [5, 5.41) is 0. The summed E-state index contributed by atoms with van der Waals surface area (Å²) < 4.78 is 23.7. The molecular formula is C21H25NO3S. The zero-order valence-corrected chi connectivity index (χ0v) is 16.1. The summed E-state index contributed by atoms with van der Waals surface area (Å²) in [6, 6.07) is 17.4. The average Bonchev–Trinajstić information content (AvgIpc) is 2.99. The van der Waals surface area contributed by atoms with E-state index in [2.05, 4.69) is 0 Å². The van der Waals surface area contributed by atoms with Gasteiger partial charge in [0.1, 0.15) is 0 Å². The number of rotatable bonds is 5. The normalized spacial score (nSPS) is 18.8. The summed E-state index contributed by atoms with van der Waals surface area (Å²) >= 11 is 0. The molecule has 0 aromatic heterocycles. The van der Waals surface area contributed by atoms with Crippen molar-refractivity contribution in [1.29, 1.82) is 0 Å². The van der Waals surface area contributed by atoms with Gasteiger partial charge in [0.25, 0.3) is 5.91 Å². The van der Waals surface area contributed by atoms with Crippen LogP contribution in [0.5, 0.6) is 0 Å². The summed E-state index contributed by atoms with van der Waals surface area (Å²) in [6.45, 7) is 4.66. The Morgan fingerprint density at radius 3 is 2.19 bits per heavy atom. The standard InChI is InChI=1S/C21H25NO3S/c1-16(2)14-22(20-12-13-26(24,25)15-20)21(23)19-10-8-18(9-11-19)17-6-4-3-5-7-17/h3-11,16,20H,12-15H2,1-2H3/t20-/m1/s1. The Kier molecular flexibility index (Phi) is 5.47. The molecule has 138 valence electrons. The predicted molar refractivity (Wildman–Crippen MR) is 105 cm³/mol. The Bertz CT molecular complexity index is 858. The predicted octanol–water partition coefficient (Wildman–Crippen LogP) is 3.64. The smallest absolute Gasteiger partial charge is 0.254 e. The zero-order valence-electron chi connectivity index (χ0n) is 15.3. The molecule has 0 radical (unpaired) electrons. The van der Waals surface area contributed by atoms with Crippen LogP contribution in [0.4, 0.5) is 0 Å². The summed E-state index contributed by atoms with van der Waals surface area (Å²) in [7, 11) is -3.03. The zero-order chi connectivity index (χ0) is 18.7. The molecule has 3 rings (SSSR count). The molecule has 1 saturated heterocycles. The van der Waals surface area contributed by atoms with E-state index in [1.165, 1.54) is 0 Å². The topological polar surface area (TPSA) is 54.5 Å². The summed E-state index contributed by atoms with van der Waals surface area (Å²) in [5.74, 6) is 0.450. The van der Waals surface area contributed by atoms with Crippen molar-refractivity contribution in [3.05, 3.63) is 60.2 Å². The van der Waals surface area contributed by atoms with Crippen molar-refractivity contribution in [2.75, 3.05) is 18.1 Å². The number of amides is 1. The van der Waals surface area contributed by atoms with Crippen LogP contribution in [0.3, 0.4) is 0 Å². The highest BCUT2D eigenvalue weighted by Gasteiger charge is 2.35. The lowest BCUT2D eigenvalue weighted by Crippen LogP contribution is -2.43. The monoisotopic (exact) mass is 371 g/mol. The summed E-state index contributed by atoms with van der Waals surface area (Å²) in [4.78, 5) is 14.8. The summed E-state index contributed by atoms with van der Waals surface area (Å²) in [6.07, 6.45) is 0.531. The van der Waals surface area contributed by atoms with Gasteiger partial charge in [0, 0.05) is 18.2 Å². The molecule has 5 heteroatoms. The van der Waals surface area contributed by atoms with Crippen molar-refractivity contribution in [1.82, 2.24) is 4.90 Å². The van der Waals surface area contributed by atoms with Gasteiger partial charge in [-0.05, 0) is 35.6 Å². The first-order valence-electron chi connectivity index (χ1n) is 9.02. The Balaban J connectivity index is 1.82. The van der Waals surface area contributed by atoms with E-state index in [1.54, 1.807) is 4.90 Å². The van der Waals surface area contributed by atoms with Crippen LogP contribution < -0.4 is 0 Å². The molecule has 2 aromatic carbocycles. The molecular weight excluding hydrogens is 346 g/mol. The van der Waals surface area contributed by atoms with Gasteiger partial charge in [-0.1, -0.05) is 56.3 Å². The number of sulfone groups is 1. The lowest BCUT2D eigenvalue weighted by molar-refractivity contribution is 0.0672. The van der Waals surface area contributed by atoms with E-state index < -0.39 is 9.84 Å². The Morgan fingerprint density at radius 1 is 1.04 bits per heavy atom. The molecule has 0 bridgehead atoms. The molecule has 1 aliphatic rings. The van der Waals surface area contributed by atoms with E-state index in [0.29, 0.717) is 18.5 Å². The first-order valence-corrected chi connectivity index (χ1v) is 10.8. The average molecular weight is 372 g/mol. The van der Waals surface area contributed by atoms with Crippen LogP contribution in [0.1, 0.15) is 30.6 Å². The van der Waals surface area contributed by atoms with Crippen LogP contribution in [-0.2, 0) is 9.84 Å². The van der Waals surface area contributed by atoms with Gasteiger partial charge >= 0.3 is 0 Å². The lowest BCUT2D eigenvalue weighted by atomic mass is 10.0. The second-order valence-corrected chi connectivity index (χ2v) is 9.58. The Hall–Kier alpha value is -2.14. The largest absolute Gasteiger partial charge is 0.334 e. The van der Waals surface area contributed by atoms with Crippen LogP contribution in [0, 0.1) is 5.92 Å². The van der Waals surface area contributed by atoms with Crippen LogP contribution in [0.25, 0.3) is 11.1 Å². The van der Waals surface area contributed by atoms with Crippen molar-refractivity contribution in [3.63, 3.8) is 0 Å². The van der Waals surface area contributed by atoms with Crippen LogP contribution in [-0.4, -0.2) is 43.3 Å². The van der Waals surface area contributed by atoms with Gasteiger partial charge in [0.05, 0.1) is 11.5 Å². The number of carbonyl (C=O) groups is 1. The highest BCUT2D eigenvalue weighted by atomic mass is 32.2. The minimum atomic E-state index is -3.03. The third kappa shape index (κ3) is 4.33. The van der Waals surface area contributed by atoms with Crippen LogP contribution in [0.2, 0.25) is 0 Å². The van der Waals surface area contributed by atoms with Crippen molar-refractivity contribution < 1.29 is 13.2 Å². The molecule has 1 amide bonds. The number of hydrogen-bond donors (Lipinski definition) is 0. The third-order valence-corrected chi connectivity index (χ3v) is 6.46. The molecule has 0 spiro atoms. The second kappa shape index (κ2) is 7.62. The van der Waals surface area contributed by atoms with Gasteiger partial charge in [0.15, 0.2) is 9.84 Å². The Labute approximate surface area is 155 Å². The van der Waals surface area contributed by atoms with Gasteiger partial charge < -0.3 is 4.90 Å². The minimum Gasteiger partial charge on any atom is -0.334 e. The van der Waals surface area contributed by atoms with E-state index in [-0.39, 0.29) is 29.4 Å². The molecule has 0 saturated carbocycles. The molecule has 1 aliphatic heterocycles. The maximum atomic E-state index is 13.1. The van der Waals surface area contributed by atoms with Crippen molar-refractivity contribution in [3.8, 4) is 11.1 Å². The number of nitrogens with zero attached hydrogens (tertiary/aromatic N) is 1. The van der Waals surface area contributed by atoms with Gasteiger partial charge in [0.2, 0.25) is 0 Å². The van der Waals surface area contributed by atoms with Gasteiger partial charge in [-0.3, -0.25) is 4.79 Å². The van der Waals surface area contributed by atoms with Gasteiger partial charge in [-0.25, -0.2) is 8.42 Å². The molecule has 2 aromatic rings. The first kappa shape index (κ1) is 18.6. The molecule has 26 heavy (non-hydrogen) atoms. The number of hydrogen-bond acceptors (Lipinski definition) is 3. The second-order valence-electron chi connectivity index (χ2n) is 7.35. The fraction of sp³-hybridized carbons (Fsp3) is 0.381. The van der Waals surface area contributed by atoms with E-state index in [9.17, 15) is 13.2 Å². The number of benzene rings is 2. The van der Waals surface area contributed by atoms with E-state index >= 15 is 0 Å². The molecule has 0 unspecified atom stereocenters. The highest BCUT2D eigenvalue weighted by Crippen LogP contribution is 2.23. The SMILES string of the molecule is CC(C)CN(C(=O)c1ccc(-c2ccccc2)cc1)[C@@H]1CCS(=O)(=O)C1. The van der Waals surface area contributed by atoms with E-state index in [4.69, 9.17) is 0 Å². The molecule has 0 N–H and O–H groups in total. The lowest BCUT2D eigenvalue weighted by Gasteiger charge is -2.30. The molecule has 1 atom stereocenters. The fourth-order valence-electron chi connectivity index (χ4n) is 3.41. The highest BCUT2D eigenvalue weighted by molar-refractivity contribution is 7.91.